The lowest BCUT2D eigenvalue weighted by atomic mass is 9.92. The molecule has 1 aliphatic rings. The molecule has 3 heterocycles. The van der Waals surface area contributed by atoms with Gasteiger partial charge in [0, 0.05) is 18.8 Å². The average Bonchev–Trinajstić information content (AvgIpc) is 2.47. The third-order valence-corrected chi connectivity index (χ3v) is 3.44. The molecule has 2 aromatic rings. The first-order chi connectivity index (χ1) is 8.88. The summed E-state index contributed by atoms with van der Waals surface area (Å²) in [5.74, 6) is 1.10. The predicted molar refractivity (Wildman–Crippen MR) is 70.8 cm³/mol. The molecule has 0 spiro atoms. The van der Waals surface area contributed by atoms with E-state index in [0.717, 1.165) is 42.7 Å². The van der Waals surface area contributed by atoms with Crippen molar-refractivity contribution < 1.29 is 6.16 Å². The molecular weight excluding hydrogens is 228 g/mol. The van der Waals surface area contributed by atoms with Gasteiger partial charge in [0.05, 0.1) is 12.8 Å². The van der Waals surface area contributed by atoms with E-state index in [1.807, 2.05) is 12.1 Å². The van der Waals surface area contributed by atoms with Crippen molar-refractivity contribution in [2.24, 2.45) is 0 Å². The van der Waals surface area contributed by atoms with E-state index in [-0.39, 0.29) is 1.43 Å². The molecule has 0 amide bonds. The lowest BCUT2D eigenvalue weighted by molar-refractivity contribution is 0.399. The molecule has 5 heteroatoms. The number of hydrogen-bond acceptors (Lipinski definition) is 5. The highest BCUT2D eigenvalue weighted by Crippen LogP contribution is 2.28. The van der Waals surface area contributed by atoms with E-state index in [9.17, 15) is 0 Å². The summed E-state index contributed by atoms with van der Waals surface area (Å²) in [6.45, 7) is 2.11. The molecule has 18 heavy (non-hydrogen) atoms. The number of pyridine rings is 1. The van der Waals surface area contributed by atoms with E-state index < -0.39 is 0 Å². The molecule has 2 aromatic heterocycles. The molecule has 96 valence electrons. The van der Waals surface area contributed by atoms with Gasteiger partial charge in [0.25, 0.3) is 0 Å². The van der Waals surface area contributed by atoms with Crippen LogP contribution in [0.2, 0.25) is 0 Å². The van der Waals surface area contributed by atoms with Gasteiger partial charge in [-0.05, 0) is 32.0 Å². The van der Waals surface area contributed by atoms with Gasteiger partial charge in [0.15, 0.2) is 5.65 Å². The number of methoxy groups -OCH3 is 1. The minimum atomic E-state index is 0. The van der Waals surface area contributed by atoms with E-state index in [1.165, 1.54) is 0 Å². The molecule has 1 aliphatic heterocycles. The summed E-state index contributed by atoms with van der Waals surface area (Å²) in [4.78, 5) is 13.1. The van der Waals surface area contributed by atoms with Crippen molar-refractivity contribution in [1.82, 2.24) is 20.3 Å². The van der Waals surface area contributed by atoms with Crippen LogP contribution < -0.4 is 10.1 Å². The standard InChI is InChI=1S/C13H16N4O.H2/c1-18-11-3-2-10-12(9-4-6-14-7-5-9)15-8-16-13(10)17-11;/h2-3,8-9,14H,4-7H2,1H3;1H. The topological polar surface area (TPSA) is 59.9 Å². The van der Waals surface area contributed by atoms with Crippen LogP contribution in [-0.2, 0) is 0 Å². The van der Waals surface area contributed by atoms with Crippen LogP contribution in [0.3, 0.4) is 0 Å². The van der Waals surface area contributed by atoms with E-state index in [1.54, 1.807) is 13.4 Å². The van der Waals surface area contributed by atoms with Gasteiger partial charge in [-0.3, -0.25) is 0 Å². The summed E-state index contributed by atoms with van der Waals surface area (Å²) in [7, 11) is 1.61. The Balaban J connectivity index is 0.00000133. The number of nitrogens with one attached hydrogen (secondary N) is 1. The first kappa shape index (κ1) is 11.3. The van der Waals surface area contributed by atoms with Crippen LogP contribution in [0.5, 0.6) is 5.88 Å². The third kappa shape index (κ3) is 2.01. The van der Waals surface area contributed by atoms with Crippen LogP contribution in [-0.4, -0.2) is 35.2 Å². The van der Waals surface area contributed by atoms with E-state index >= 15 is 0 Å². The summed E-state index contributed by atoms with van der Waals surface area (Å²) in [5, 5.41) is 4.42. The fraction of sp³-hybridized carbons (Fsp3) is 0.462. The fourth-order valence-corrected chi connectivity index (χ4v) is 2.48. The highest BCUT2D eigenvalue weighted by molar-refractivity contribution is 5.78. The maximum Gasteiger partial charge on any atom is 0.215 e. The quantitative estimate of drug-likeness (QED) is 0.874. The lowest BCUT2D eigenvalue weighted by Gasteiger charge is -2.22. The Morgan fingerprint density at radius 3 is 2.89 bits per heavy atom. The van der Waals surface area contributed by atoms with Crippen molar-refractivity contribution in [2.45, 2.75) is 18.8 Å². The van der Waals surface area contributed by atoms with E-state index in [4.69, 9.17) is 4.74 Å². The molecule has 0 aliphatic carbocycles. The van der Waals surface area contributed by atoms with E-state index in [2.05, 4.69) is 20.3 Å². The smallest absolute Gasteiger partial charge is 0.215 e. The Kier molecular flexibility index (Phi) is 3.06. The largest absolute Gasteiger partial charge is 0.481 e. The number of ether oxygens (including phenoxy) is 1. The van der Waals surface area contributed by atoms with Crippen molar-refractivity contribution in [3.05, 3.63) is 24.2 Å². The minimum Gasteiger partial charge on any atom is -0.481 e. The van der Waals surface area contributed by atoms with Gasteiger partial charge in [-0.1, -0.05) is 0 Å². The number of nitrogens with zero attached hydrogens (tertiary/aromatic N) is 3. The zero-order valence-electron chi connectivity index (χ0n) is 10.4. The fourth-order valence-electron chi connectivity index (χ4n) is 2.48. The van der Waals surface area contributed by atoms with Crippen LogP contribution in [0.15, 0.2) is 18.5 Å². The number of hydrogen-bond donors (Lipinski definition) is 1. The molecule has 1 saturated heterocycles. The molecule has 0 saturated carbocycles. The number of fused-ring (bicyclic) bond motifs is 1. The Hall–Kier alpha value is -1.75. The molecule has 5 nitrogen and oxygen atoms in total. The van der Waals surface area contributed by atoms with Gasteiger partial charge in [0.1, 0.15) is 6.33 Å². The zero-order valence-corrected chi connectivity index (χ0v) is 10.4. The summed E-state index contributed by atoms with van der Waals surface area (Å²) in [6, 6.07) is 3.88. The van der Waals surface area contributed by atoms with Crippen LogP contribution in [0, 0.1) is 0 Å². The van der Waals surface area contributed by atoms with Gasteiger partial charge >= 0.3 is 0 Å². The first-order valence-corrected chi connectivity index (χ1v) is 6.25. The van der Waals surface area contributed by atoms with Crippen molar-refractivity contribution in [2.75, 3.05) is 20.2 Å². The Bertz CT molecular complexity index is 557. The van der Waals surface area contributed by atoms with Crippen LogP contribution in [0.1, 0.15) is 25.9 Å². The first-order valence-electron chi connectivity index (χ1n) is 6.25. The normalized spacial score (nSPS) is 16.9. The highest BCUT2D eigenvalue weighted by Gasteiger charge is 2.19. The third-order valence-electron chi connectivity index (χ3n) is 3.44. The Morgan fingerprint density at radius 2 is 2.11 bits per heavy atom. The number of rotatable bonds is 2. The lowest BCUT2D eigenvalue weighted by Crippen LogP contribution is -2.27. The summed E-state index contributed by atoms with van der Waals surface area (Å²) in [6.07, 6.45) is 3.85. The average molecular weight is 246 g/mol. The SMILES string of the molecule is COc1ccc2c(C3CCNCC3)ncnc2n1.[HH]. The summed E-state index contributed by atoms with van der Waals surface area (Å²) < 4.78 is 5.13. The maximum atomic E-state index is 5.13. The monoisotopic (exact) mass is 246 g/mol. The molecule has 0 unspecified atom stereocenters. The van der Waals surface area contributed by atoms with Gasteiger partial charge in [-0.25, -0.2) is 9.97 Å². The van der Waals surface area contributed by atoms with Crippen molar-refractivity contribution >= 4 is 11.0 Å². The van der Waals surface area contributed by atoms with Crippen molar-refractivity contribution in [3.63, 3.8) is 0 Å². The molecule has 1 fully saturated rings. The number of aromatic nitrogens is 3. The Morgan fingerprint density at radius 1 is 1.28 bits per heavy atom. The van der Waals surface area contributed by atoms with E-state index in [0.29, 0.717) is 11.8 Å². The van der Waals surface area contributed by atoms with Gasteiger partial charge in [-0.15, -0.1) is 0 Å². The molecule has 0 radical (unpaired) electrons. The minimum absolute atomic E-state index is 0. The summed E-state index contributed by atoms with van der Waals surface area (Å²) >= 11 is 0. The second-order valence-corrected chi connectivity index (χ2v) is 4.51. The Labute approximate surface area is 107 Å². The van der Waals surface area contributed by atoms with Gasteiger partial charge in [-0.2, -0.15) is 4.98 Å². The second kappa shape index (κ2) is 4.86. The molecule has 0 aromatic carbocycles. The predicted octanol–water partition coefficient (Wildman–Crippen LogP) is 1.75. The molecule has 0 bridgehead atoms. The molecule has 0 atom stereocenters. The number of piperidine rings is 1. The summed E-state index contributed by atoms with van der Waals surface area (Å²) in [5.41, 5.74) is 1.84. The molecular formula is C13H18N4O. The molecule has 3 rings (SSSR count). The highest BCUT2D eigenvalue weighted by atomic mass is 16.5. The van der Waals surface area contributed by atoms with Crippen LogP contribution in [0.4, 0.5) is 0 Å². The molecule has 1 N–H and O–H groups in total. The van der Waals surface area contributed by atoms with Crippen LogP contribution in [0.25, 0.3) is 11.0 Å². The van der Waals surface area contributed by atoms with Gasteiger partial charge in [0.2, 0.25) is 5.88 Å². The second-order valence-electron chi connectivity index (χ2n) is 4.51. The van der Waals surface area contributed by atoms with Crippen molar-refractivity contribution in [3.8, 4) is 5.88 Å². The van der Waals surface area contributed by atoms with Crippen LogP contribution >= 0.6 is 0 Å². The van der Waals surface area contributed by atoms with Crippen molar-refractivity contribution in [1.29, 1.82) is 0 Å². The maximum absolute atomic E-state index is 5.13. The van der Waals surface area contributed by atoms with Gasteiger partial charge < -0.3 is 10.1 Å². The zero-order chi connectivity index (χ0) is 12.4.